The first-order valence-electron chi connectivity index (χ1n) is 6.91. The predicted molar refractivity (Wildman–Crippen MR) is 73.4 cm³/mol. The fraction of sp³-hybridized carbons (Fsp3) is 0.929. The van der Waals surface area contributed by atoms with Gasteiger partial charge in [0.1, 0.15) is 5.54 Å². The molecule has 0 spiro atoms. The summed E-state index contributed by atoms with van der Waals surface area (Å²) in [5.41, 5.74) is -0.311. The van der Waals surface area contributed by atoms with Crippen molar-refractivity contribution in [3.63, 3.8) is 0 Å². The van der Waals surface area contributed by atoms with Crippen LogP contribution in [0.3, 0.4) is 0 Å². The molecule has 1 aliphatic rings. The quantitative estimate of drug-likeness (QED) is 0.703. The molecule has 0 aromatic heterocycles. The molecule has 1 N–H and O–H groups in total. The van der Waals surface area contributed by atoms with Gasteiger partial charge in [0.25, 0.3) is 0 Å². The van der Waals surface area contributed by atoms with E-state index in [1.165, 1.54) is 0 Å². The molecule has 4 heteroatoms. The van der Waals surface area contributed by atoms with Crippen LogP contribution >= 0.6 is 0 Å². The zero-order valence-electron chi connectivity index (χ0n) is 12.2. The molecule has 1 aliphatic carbocycles. The van der Waals surface area contributed by atoms with Gasteiger partial charge in [-0.25, -0.2) is 0 Å². The number of nitrogens with zero attached hydrogens (tertiary/aromatic N) is 2. The molecular formula is C14H27N3O. The fourth-order valence-corrected chi connectivity index (χ4v) is 2.85. The SMILES string of the molecule is COCCCN(C)C1CCC(C#N)(NC(C)C)C1. The minimum Gasteiger partial charge on any atom is -0.385 e. The highest BCUT2D eigenvalue weighted by Crippen LogP contribution is 2.32. The molecule has 104 valence electrons. The minimum atomic E-state index is -0.311. The summed E-state index contributed by atoms with van der Waals surface area (Å²) in [6.07, 6.45) is 4.06. The normalized spacial score (nSPS) is 27.9. The maximum atomic E-state index is 9.43. The van der Waals surface area contributed by atoms with Crippen LogP contribution in [0.5, 0.6) is 0 Å². The van der Waals surface area contributed by atoms with Gasteiger partial charge in [0.2, 0.25) is 0 Å². The average Bonchev–Trinajstić information content (AvgIpc) is 2.73. The summed E-state index contributed by atoms with van der Waals surface area (Å²) in [6.45, 7) is 6.07. The number of hydrogen-bond acceptors (Lipinski definition) is 4. The Labute approximate surface area is 111 Å². The van der Waals surface area contributed by atoms with Crippen molar-refractivity contribution in [3.05, 3.63) is 0 Å². The standard InChI is InChI=1S/C14H27N3O/c1-12(2)16-14(11-15)7-6-13(10-14)17(3)8-5-9-18-4/h12-13,16H,5-10H2,1-4H3. The van der Waals surface area contributed by atoms with Crippen molar-refractivity contribution in [2.75, 3.05) is 27.3 Å². The topological polar surface area (TPSA) is 48.3 Å². The van der Waals surface area contributed by atoms with Gasteiger partial charge in [-0.05, 0) is 46.6 Å². The maximum absolute atomic E-state index is 9.43. The second-order valence-electron chi connectivity index (χ2n) is 5.72. The lowest BCUT2D eigenvalue weighted by Crippen LogP contribution is -2.46. The number of methoxy groups -OCH3 is 1. The van der Waals surface area contributed by atoms with Gasteiger partial charge in [-0.15, -0.1) is 0 Å². The highest BCUT2D eigenvalue weighted by Gasteiger charge is 2.40. The third-order valence-electron chi connectivity index (χ3n) is 3.75. The number of rotatable bonds is 7. The number of nitriles is 1. The first-order valence-corrected chi connectivity index (χ1v) is 6.91. The van der Waals surface area contributed by atoms with E-state index in [0.717, 1.165) is 38.8 Å². The van der Waals surface area contributed by atoms with Crippen LogP contribution in [0.15, 0.2) is 0 Å². The average molecular weight is 253 g/mol. The summed E-state index contributed by atoms with van der Waals surface area (Å²) in [5, 5.41) is 12.9. The Kier molecular flexibility index (Phi) is 6.07. The molecule has 1 fully saturated rings. The highest BCUT2D eigenvalue weighted by molar-refractivity contribution is 5.13. The van der Waals surface area contributed by atoms with Gasteiger partial charge in [-0.3, -0.25) is 5.32 Å². The Bertz CT molecular complexity index is 287. The van der Waals surface area contributed by atoms with Crippen molar-refractivity contribution in [1.82, 2.24) is 10.2 Å². The smallest absolute Gasteiger partial charge is 0.108 e. The molecule has 4 nitrogen and oxygen atoms in total. The lowest BCUT2D eigenvalue weighted by Gasteiger charge is -2.28. The van der Waals surface area contributed by atoms with Gasteiger partial charge in [0, 0.05) is 32.3 Å². The third kappa shape index (κ3) is 4.24. The van der Waals surface area contributed by atoms with E-state index in [1.807, 2.05) is 0 Å². The van der Waals surface area contributed by atoms with Crippen LogP contribution in [-0.2, 0) is 4.74 Å². The van der Waals surface area contributed by atoms with Gasteiger partial charge >= 0.3 is 0 Å². The lowest BCUT2D eigenvalue weighted by atomic mass is 9.98. The lowest BCUT2D eigenvalue weighted by molar-refractivity contribution is 0.164. The summed E-state index contributed by atoms with van der Waals surface area (Å²) in [4.78, 5) is 2.38. The Morgan fingerprint density at radius 3 is 2.83 bits per heavy atom. The molecule has 0 radical (unpaired) electrons. The molecule has 2 unspecified atom stereocenters. The molecular weight excluding hydrogens is 226 g/mol. The van der Waals surface area contributed by atoms with E-state index in [-0.39, 0.29) is 5.54 Å². The summed E-state index contributed by atoms with van der Waals surface area (Å²) in [6, 6.07) is 3.38. The van der Waals surface area contributed by atoms with E-state index >= 15 is 0 Å². The Morgan fingerprint density at radius 2 is 2.28 bits per heavy atom. The minimum absolute atomic E-state index is 0.311. The van der Waals surface area contributed by atoms with Crippen molar-refractivity contribution in [1.29, 1.82) is 5.26 Å². The summed E-state index contributed by atoms with van der Waals surface area (Å²) in [5.74, 6) is 0. The zero-order valence-corrected chi connectivity index (χ0v) is 12.2. The molecule has 0 aromatic rings. The van der Waals surface area contributed by atoms with Gasteiger partial charge in [-0.2, -0.15) is 5.26 Å². The first kappa shape index (κ1) is 15.4. The molecule has 0 aliphatic heterocycles. The van der Waals surface area contributed by atoms with Crippen molar-refractivity contribution in [2.45, 2.75) is 57.2 Å². The van der Waals surface area contributed by atoms with Crippen LogP contribution in [0.2, 0.25) is 0 Å². The molecule has 0 heterocycles. The predicted octanol–water partition coefficient (Wildman–Crippen LogP) is 1.77. The highest BCUT2D eigenvalue weighted by atomic mass is 16.5. The van der Waals surface area contributed by atoms with Crippen LogP contribution in [0.4, 0.5) is 0 Å². The third-order valence-corrected chi connectivity index (χ3v) is 3.75. The summed E-state index contributed by atoms with van der Waals surface area (Å²) >= 11 is 0. The van der Waals surface area contributed by atoms with Crippen LogP contribution in [0, 0.1) is 11.3 Å². The van der Waals surface area contributed by atoms with E-state index in [2.05, 4.69) is 37.2 Å². The Hall–Kier alpha value is -0.630. The largest absolute Gasteiger partial charge is 0.385 e. The van der Waals surface area contributed by atoms with Crippen molar-refractivity contribution in [3.8, 4) is 6.07 Å². The fourth-order valence-electron chi connectivity index (χ4n) is 2.85. The van der Waals surface area contributed by atoms with E-state index in [9.17, 15) is 5.26 Å². The molecule has 0 amide bonds. The van der Waals surface area contributed by atoms with Crippen LogP contribution in [-0.4, -0.2) is 49.8 Å². The molecule has 0 bridgehead atoms. The maximum Gasteiger partial charge on any atom is 0.108 e. The second kappa shape index (κ2) is 7.08. The Balaban J connectivity index is 2.46. The van der Waals surface area contributed by atoms with E-state index < -0.39 is 0 Å². The van der Waals surface area contributed by atoms with E-state index in [4.69, 9.17) is 4.74 Å². The zero-order chi connectivity index (χ0) is 13.6. The number of nitrogens with one attached hydrogen (secondary N) is 1. The number of ether oxygens (including phenoxy) is 1. The monoisotopic (exact) mass is 253 g/mol. The van der Waals surface area contributed by atoms with Crippen LogP contribution in [0.25, 0.3) is 0 Å². The Morgan fingerprint density at radius 1 is 1.56 bits per heavy atom. The molecule has 2 atom stereocenters. The van der Waals surface area contributed by atoms with Gasteiger partial charge < -0.3 is 9.64 Å². The van der Waals surface area contributed by atoms with E-state index in [1.54, 1.807) is 7.11 Å². The van der Waals surface area contributed by atoms with Crippen LogP contribution < -0.4 is 5.32 Å². The van der Waals surface area contributed by atoms with Crippen molar-refractivity contribution < 1.29 is 4.74 Å². The molecule has 1 saturated carbocycles. The molecule has 18 heavy (non-hydrogen) atoms. The summed E-state index contributed by atoms with van der Waals surface area (Å²) in [7, 11) is 3.89. The van der Waals surface area contributed by atoms with Crippen molar-refractivity contribution >= 4 is 0 Å². The van der Waals surface area contributed by atoms with Gasteiger partial charge in [0.15, 0.2) is 0 Å². The molecule has 0 saturated heterocycles. The van der Waals surface area contributed by atoms with E-state index in [0.29, 0.717) is 12.1 Å². The van der Waals surface area contributed by atoms with Gasteiger partial charge in [0.05, 0.1) is 6.07 Å². The number of hydrogen-bond donors (Lipinski definition) is 1. The van der Waals surface area contributed by atoms with Crippen molar-refractivity contribution in [2.24, 2.45) is 0 Å². The molecule has 0 aromatic carbocycles. The first-order chi connectivity index (χ1) is 8.53. The summed E-state index contributed by atoms with van der Waals surface area (Å²) < 4.78 is 5.08. The molecule has 1 rings (SSSR count). The van der Waals surface area contributed by atoms with Gasteiger partial charge in [-0.1, -0.05) is 0 Å². The van der Waals surface area contributed by atoms with Crippen LogP contribution in [0.1, 0.15) is 39.5 Å². The second-order valence-corrected chi connectivity index (χ2v) is 5.72.